The second-order valence-electron chi connectivity index (χ2n) is 7.11. The fourth-order valence-corrected chi connectivity index (χ4v) is 2.57. The van der Waals surface area contributed by atoms with E-state index in [2.05, 4.69) is 33.6 Å². The van der Waals surface area contributed by atoms with Gasteiger partial charge in [-0.2, -0.15) is 12.6 Å². The number of amides is 3. The van der Waals surface area contributed by atoms with Gasteiger partial charge in [0.15, 0.2) is 5.96 Å². The van der Waals surface area contributed by atoms with Gasteiger partial charge in [-0.3, -0.25) is 19.4 Å². The molecule has 0 radical (unpaired) electrons. The highest BCUT2D eigenvalue weighted by molar-refractivity contribution is 7.80. The van der Waals surface area contributed by atoms with Crippen LogP contribution in [0.25, 0.3) is 0 Å². The number of hydrogen-bond acceptors (Lipinski definition) is 7. The summed E-state index contributed by atoms with van der Waals surface area (Å²) in [6, 6.07) is -4.02. The highest BCUT2D eigenvalue weighted by Crippen LogP contribution is 2.06. The van der Waals surface area contributed by atoms with Gasteiger partial charge in [-0.05, 0) is 25.7 Å². The Balaban J connectivity index is 5.09. The van der Waals surface area contributed by atoms with Crippen LogP contribution in [0, 0.1) is 5.92 Å². The largest absolute Gasteiger partial charge is 0.480 e. The molecule has 12 nitrogen and oxygen atoms in total. The van der Waals surface area contributed by atoms with Crippen LogP contribution < -0.4 is 33.2 Å². The summed E-state index contributed by atoms with van der Waals surface area (Å²) in [6.45, 7) is 5.06. The molecule has 0 saturated heterocycles. The Morgan fingerprint density at radius 3 is 1.97 bits per heavy atom. The lowest BCUT2D eigenvalue weighted by Gasteiger charge is -2.26. The minimum atomic E-state index is -1.22. The number of guanidine groups is 1. The molecule has 10 N–H and O–H groups in total. The highest BCUT2D eigenvalue weighted by Gasteiger charge is 2.31. The third kappa shape index (κ3) is 10.3. The van der Waals surface area contributed by atoms with E-state index < -0.39 is 47.9 Å². The molecule has 4 unspecified atom stereocenters. The molecular formula is C17H33N7O5S. The number of carbonyl (C=O) groups is 4. The molecule has 4 atom stereocenters. The van der Waals surface area contributed by atoms with Crippen molar-refractivity contribution in [1.29, 1.82) is 0 Å². The standard InChI is InChI=1S/C17H33N7O5S/c1-8(2)12(24-14(26)11(7-30)23-13(25)9(3)18)15(27)22-10(16(28)29)5-4-6-21-17(19)20/h8-12,30H,4-7,18H2,1-3H3,(H,22,27)(H,23,25)(H,24,26)(H,28,29)(H4,19,20,21). The molecule has 0 saturated carbocycles. The maximum absolute atomic E-state index is 12.6. The van der Waals surface area contributed by atoms with Gasteiger partial charge in [0.05, 0.1) is 6.04 Å². The van der Waals surface area contributed by atoms with Gasteiger partial charge in [-0.25, -0.2) is 4.79 Å². The zero-order valence-electron chi connectivity index (χ0n) is 17.4. The van der Waals surface area contributed by atoms with Crippen LogP contribution in [0.5, 0.6) is 0 Å². The summed E-state index contributed by atoms with van der Waals surface area (Å²) < 4.78 is 0. The van der Waals surface area contributed by atoms with Gasteiger partial charge < -0.3 is 38.3 Å². The molecular weight excluding hydrogens is 414 g/mol. The molecule has 0 aromatic rings. The van der Waals surface area contributed by atoms with Gasteiger partial charge in [-0.15, -0.1) is 0 Å². The summed E-state index contributed by atoms with van der Waals surface area (Å²) in [7, 11) is 0. The maximum atomic E-state index is 12.6. The summed E-state index contributed by atoms with van der Waals surface area (Å²) in [5, 5.41) is 16.7. The van der Waals surface area contributed by atoms with Gasteiger partial charge in [0.1, 0.15) is 18.1 Å². The highest BCUT2D eigenvalue weighted by atomic mass is 32.1. The van der Waals surface area contributed by atoms with Crippen LogP contribution in [-0.2, 0) is 19.2 Å². The first-order chi connectivity index (χ1) is 13.9. The van der Waals surface area contributed by atoms with Crippen LogP contribution in [0.4, 0.5) is 0 Å². The molecule has 13 heteroatoms. The number of carboxylic acids is 1. The number of nitrogens with one attached hydrogen (secondary N) is 3. The Morgan fingerprint density at radius 2 is 1.53 bits per heavy atom. The molecule has 30 heavy (non-hydrogen) atoms. The fourth-order valence-electron chi connectivity index (χ4n) is 2.31. The molecule has 0 heterocycles. The van der Waals surface area contributed by atoms with E-state index in [0.717, 1.165) is 0 Å². The average Bonchev–Trinajstić information content (AvgIpc) is 2.64. The van der Waals surface area contributed by atoms with Crippen LogP contribution in [0.3, 0.4) is 0 Å². The minimum Gasteiger partial charge on any atom is -0.480 e. The lowest BCUT2D eigenvalue weighted by molar-refractivity contribution is -0.142. The first-order valence-corrected chi connectivity index (χ1v) is 10.1. The number of nitrogens with zero attached hydrogens (tertiary/aromatic N) is 1. The summed E-state index contributed by atoms with van der Waals surface area (Å²) in [5.74, 6) is -3.53. The number of hydrogen-bond donors (Lipinski definition) is 8. The van der Waals surface area contributed by atoms with Crippen LogP contribution in [0.15, 0.2) is 4.99 Å². The fraction of sp³-hybridized carbons (Fsp3) is 0.706. The van der Waals surface area contributed by atoms with E-state index in [-0.39, 0.29) is 30.6 Å². The van der Waals surface area contributed by atoms with E-state index >= 15 is 0 Å². The Labute approximate surface area is 181 Å². The number of rotatable bonds is 13. The van der Waals surface area contributed by atoms with Gasteiger partial charge in [0, 0.05) is 12.3 Å². The minimum absolute atomic E-state index is 0.0146. The van der Waals surface area contributed by atoms with Crippen LogP contribution >= 0.6 is 12.6 Å². The zero-order valence-corrected chi connectivity index (χ0v) is 18.3. The van der Waals surface area contributed by atoms with Crippen LogP contribution in [0.2, 0.25) is 0 Å². The lowest BCUT2D eigenvalue weighted by atomic mass is 10.0. The molecule has 0 aliphatic heterocycles. The van der Waals surface area contributed by atoms with Crippen molar-refractivity contribution in [3.05, 3.63) is 0 Å². The Kier molecular flexibility index (Phi) is 12.5. The number of carboxylic acid groups (broad SMARTS) is 1. The van der Waals surface area contributed by atoms with Crippen molar-refractivity contribution in [2.45, 2.75) is 57.8 Å². The Bertz CT molecular complexity index is 638. The topological polar surface area (TPSA) is 215 Å². The Hall–Kier alpha value is -2.54. The number of aliphatic imine (C=N–C) groups is 1. The zero-order chi connectivity index (χ0) is 23.4. The molecule has 0 bridgehead atoms. The van der Waals surface area contributed by atoms with E-state index in [9.17, 15) is 24.3 Å². The predicted octanol–water partition coefficient (Wildman–Crippen LogP) is -2.49. The van der Waals surface area contributed by atoms with Gasteiger partial charge in [0.2, 0.25) is 17.7 Å². The predicted molar refractivity (Wildman–Crippen MR) is 116 cm³/mol. The number of nitrogens with two attached hydrogens (primary N) is 3. The molecule has 3 amide bonds. The molecule has 0 spiro atoms. The summed E-state index contributed by atoms with van der Waals surface area (Å²) in [4.78, 5) is 52.1. The number of carbonyl (C=O) groups excluding carboxylic acids is 3. The smallest absolute Gasteiger partial charge is 0.326 e. The van der Waals surface area contributed by atoms with E-state index in [1.54, 1.807) is 13.8 Å². The molecule has 0 aromatic carbocycles. The van der Waals surface area contributed by atoms with Gasteiger partial charge >= 0.3 is 5.97 Å². The van der Waals surface area contributed by atoms with E-state index in [4.69, 9.17) is 17.2 Å². The van der Waals surface area contributed by atoms with Crippen molar-refractivity contribution in [3.63, 3.8) is 0 Å². The third-order valence-electron chi connectivity index (χ3n) is 4.04. The molecule has 0 aliphatic rings. The molecule has 0 fully saturated rings. The maximum Gasteiger partial charge on any atom is 0.326 e. The SMILES string of the molecule is CC(N)C(=O)NC(CS)C(=O)NC(C(=O)NC(CCCN=C(N)N)C(=O)O)C(C)C. The van der Waals surface area contributed by atoms with Gasteiger partial charge in [0.25, 0.3) is 0 Å². The normalized spacial score (nSPS) is 14.7. The molecule has 0 aliphatic carbocycles. The van der Waals surface area contributed by atoms with Crippen molar-refractivity contribution in [3.8, 4) is 0 Å². The molecule has 0 rings (SSSR count). The van der Waals surface area contributed by atoms with Gasteiger partial charge in [-0.1, -0.05) is 13.8 Å². The van der Waals surface area contributed by atoms with Crippen LogP contribution in [-0.4, -0.2) is 71.2 Å². The van der Waals surface area contributed by atoms with Crippen molar-refractivity contribution < 1.29 is 24.3 Å². The number of thiol groups is 1. The second kappa shape index (κ2) is 13.6. The quantitative estimate of drug-likeness (QED) is 0.0652. The van der Waals surface area contributed by atoms with Crippen molar-refractivity contribution in [1.82, 2.24) is 16.0 Å². The van der Waals surface area contributed by atoms with Crippen molar-refractivity contribution >= 4 is 42.3 Å². The van der Waals surface area contributed by atoms with Crippen LogP contribution in [0.1, 0.15) is 33.6 Å². The van der Waals surface area contributed by atoms with E-state index in [1.165, 1.54) is 6.92 Å². The van der Waals surface area contributed by atoms with E-state index in [0.29, 0.717) is 6.42 Å². The third-order valence-corrected chi connectivity index (χ3v) is 4.40. The van der Waals surface area contributed by atoms with Crippen molar-refractivity contribution in [2.75, 3.05) is 12.3 Å². The first kappa shape index (κ1) is 27.5. The number of aliphatic carboxylic acids is 1. The van der Waals surface area contributed by atoms with Crippen molar-refractivity contribution in [2.24, 2.45) is 28.1 Å². The average molecular weight is 448 g/mol. The molecule has 0 aromatic heterocycles. The van der Waals surface area contributed by atoms with E-state index in [1.807, 2.05) is 0 Å². The lowest BCUT2D eigenvalue weighted by Crippen LogP contribution is -2.58. The first-order valence-electron chi connectivity index (χ1n) is 9.46. The summed E-state index contributed by atoms with van der Waals surface area (Å²) in [5.41, 5.74) is 15.9. The second-order valence-corrected chi connectivity index (χ2v) is 7.48. The summed E-state index contributed by atoms with van der Waals surface area (Å²) >= 11 is 4.05. The molecule has 172 valence electrons. The Morgan fingerprint density at radius 1 is 0.967 bits per heavy atom. The summed E-state index contributed by atoms with van der Waals surface area (Å²) in [6.07, 6.45) is 0.430. The monoisotopic (exact) mass is 447 g/mol.